The van der Waals surface area contributed by atoms with Crippen LogP contribution in [0, 0.1) is 5.92 Å². The van der Waals surface area contributed by atoms with Crippen LogP contribution in [0.4, 0.5) is 0 Å². The standard InChI is InChI=1S/C15H20NO4/c1-11(2)12(10-16-8-6-5-7-9-16)13(14(17)19-3)15(18)20-4/h5-9,11H,10H2,1-4H3/q+1. The maximum absolute atomic E-state index is 11.9. The number of carbonyl (C=O) groups excluding carboxylic acids is 2. The highest BCUT2D eigenvalue weighted by Gasteiger charge is 2.28. The summed E-state index contributed by atoms with van der Waals surface area (Å²) < 4.78 is 11.3. The summed E-state index contributed by atoms with van der Waals surface area (Å²) in [6.07, 6.45) is 3.74. The summed E-state index contributed by atoms with van der Waals surface area (Å²) in [5.74, 6) is -1.33. The Labute approximate surface area is 118 Å². The monoisotopic (exact) mass is 278 g/mol. The van der Waals surface area contributed by atoms with Crippen LogP contribution in [0.5, 0.6) is 0 Å². The normalized spacial score (nSPS) is 10.1. The highest BCUT2D eigenvalue weighted by Crippen LogP contribution is 2.18. The zero-order valence-electron chi connectivity index (χ0n) is 12.3. The number of aromatic nitrogens is 1. The zero-order valence-corrected chi connectivity index (χ0v) is 12.3. The Kier molecular flexibility index (Phi) is 5.90. The van der Waals surface area contributed by atoms with Gasteiger partial charge in [-0.2, -0.15) is 0 Å². The molecule has 0 aliphatic heterocycles. The number of methoxy groups -OCH3 is 2. The molecular weight excluding hydrogens is 258 g/mol. The molecule has 0 aromatic carbocycles. The number of hydrogen-bond donors (Lipinski definition) is 0. The molecule has 1 heterocycles. The van der Waals surface area contributed by atoms with Crippen molar-refractivity contribution >= 4 is 11.9 Å². The van der Waals surface area contributed by atoms with Crippen LogP contribution >= 0.6 is 0 Å². The lowest BCUT2D eigenvalue weighted by Gasteiger charge is -2.13. The average Bonchev–Trinajstić information content (AvgIpc) is 2.46. The van der Waals surface area contributed by atoms with Crippen molar-refractivity contribution in [2.45, 2.75) is 20.4 Å². The lowest BCUT2D eigenvalue weighted by atomic mass is 9.96. The van der Waals surface area contributed by atoms with Crippen LogP contribution in [0.25, 0.3) is 0 Å². The molecule has 0 saturated heterocycles. The summed E-state index contributed by atoms with van der Waals surface area (Å²) in [5.41, 5.74) is 0.654. The lowest BCUT2D eigenvalue weighted by Crippen LogP contribution is -2.36. The highest BCUT2D eigenvalue weighted by molar-refractivity contribution is 6.14. The van der Waals surface area contributed by atoms with Crippen molar-refractivity contribution in [1.29, 1.82) is 0 Å². The minimum atomic E-state index is -0.669. The van der Waals surface area contributed by atoms with E-state index in [0.717, 1.165) is 0 Å². The van der Waals surface area contributed by atoms with Crippen molar-refractivity contribution in [3.63, 3.8) is 0 Å². The molecule has 0 N–H and O–H groups in total. The maximum atomic E-state index is 11.9. The molecule has 0 aliphatic rings. The molecule has 1 aromatic rings. The third-order valence-corrected chi connectivity index (χ3v) is 2.93. The number of hydrogen-bond acceptors (Lipinski definition) is 4. The first-order chi connectivity index (χ1) is 9.51. The van der Waals surface area contributed by atoms with Gasteiger partial charge in [0, 0.05) is 17.7 Å². The molecule has 5 heteroatoms. The number of carbonyl (C=O) groups is 2. The summed E-state index contributed by atoms with van der Waals surface area (Å²) in [4.78, 5) is 23.7. The molecule has 0 aliphatic carbocycles. The molecule has 108 valence electrons. The average molecular weight is 278 g/mol. The second kappa shape index (κ2) is 7.43. The number of pyridine rings is 1. The van der Waals surface area contributed by atoms with E-state index >= 15 is 0 Å². The van der Waals surface area contributed by atoms with E-state index in [2.05, 4.69) is 0 Å². The first-order valence-corrected chi connectivity index (χ1v) is 6.35. The van der Waals surface area contributed by atoms with E-state index in [1.165, 1.54) is 14.2 Å². The molecule has 0 amide bonds. The second-order valence-electron chi connectivity index (χ2n) is 4.59. The smallest absolute Gasteiger partial charge is 0.345 e. The first-order valence-electron chi connectivity index (χ1n) is 6.35. The summed E-state index contributed by atoms with van der Waals surface area (Å²) >= 11 is 0. The van der Waals surface area contributed by atoms with Gasteiger partial charge in [-0.25, -0.2) is 14.2 Å². The maximum Gasteiger partial charge on any atom is 0.345 e. The van der Waals surface area contributed by atoms with Crippen molar-refractivity contribution in [2.75, 3.05) is 14.2 Å². The van der Waals surface area contributed by atoms with Crippen LogP contribution in [-0.4, -0.2) is 26.2 Å². The quantitative estimate of drug-likeness (QED) is 0.268. The Bertz CT molecular complexity index is 488. The number of ether oxygens (including phenoxy) is 2. The largest absolute Gasteiger partial charge is 0.465 e. The van der Waals surface area contributed by atoms with E-state index in [1.807, 2.05) is 49.0 Å². The van der Waals surface area contributed by atoms with Crippen LogP contribution in [0.15, 0.2) is 41.7 Å². The molecule has 0 spiro atoms. The Morgan fingerprint density at radius 1 is 1.00 bits per heavy atom. The molecule has 0 saturated carbocycles. The third kappa shape index (κ3) is 3.91. The van der Waals surface area contributed by atoms with Gasteiger partial charge in [0.2, 0.25) is 0 Å². The molecule has 0 atom stereocenters. The van der Waals surface area contributed by atoms with Crippen LogP contribution in [0.1, 0.15) is 13.8 Å². The fraction of sp³-hybridized carbons (Fsp3) is 0.400. The van der Waals surface area contributed by atoms with E-state index in [9.17, 15) is 9.59 Å². The zero-order chi connectivity index (χ0) is 15.1. The summed E-state index contributed by atoms with van der Waals surface area (Å²) in [6, 6.07) is 5.67. The van der Waals surface area contributed by atoms with Gasteiger partial charge < -0.3 is 9.47 Å². The lowest BCUT2D eigenvalue weighted by molar-refractivity contribution is -0.689. The summed E-state index contributed by atoms with van der Waals surface area (Å²) in [5, 5.41) is 0. The molecule has 1 rings (SSSR count). The molecule has 0 radical (unpaired) electrons. The third-order valence-electron chi connectivity index (χ3n) is 2.93. The molecule has 0 fully saturated rings. The van der Waals surface area contributed by atoms with E-state index in [-0.39, 0.29) is 11.5 Å². The Morgan fingerprint density at radius 3 is 1.90 bits per heavy atom. The number of allylic oxidation sites excluding steroid dienone is 1. The number of esters is 2. The topological polar surface area (TPSA) is 56.5 Å². The molecule has 0 unspecified atom stereocenters. The van der Waals surface area contributed by atoms with Gasteiger partial charge in [0.1, 0.15) is 0 Å². The van der Waals surface area contributed by atoms with Gasteiger partial charge in [0.05, 0.1) is 14.2 Å². The Hall–Kier alpha value is -2.17. The molecule has 5 nitrogen and oxygen atoms in total. The predicted molar refractivity (Wildman–Crippen MR) is 72.5 cm³/mol. The minimum absolute atomic E-state index is 0.0101. The van der Waals surface area contributed by atoms with Gasteiger partial charge in [-0.05, 0) is 5.92 Å². The fourth-order valence-electron chi connectivity index (χ4n) is 1.84. The fourth-order valence-corrected chi connectivity index (χ4v) is 1.84. The molecule has 1 aromatic heterocycles. The van der Waals surface area contributed by atoms with E-state index in [4.69, 9.17) is 9.47 Å². The Balaban J connectivity index is 3.27. The van der Waals surface area contributed by atoms with E-state index in [0.29, 0.717) is 12.1 Å². The summed E-state index contributed by atoms with van der Waals surface area (Å²) in [6.45, 7) is 4.27. The van der Waals surface area contributed by atoms with Gasteiger partial charge >= 0.3 is 11.9 Å². The predicted octanol–water partition coefficient (Wildman–Crippen LogP) is 1.27. The van der Waals surface area contributed by atoms with Gasteiger partial charge in [-0.15, -0.1) is 0 Å². The Morgan fingerprint density at radius 2 is 1.50 bits per heavy atom. The SMILES string of the molecule is COC(=O)C(C(=O)OC)=C(C[n+]1ccccc1)C(C)C. The van der Waals surface area contributed by atoms with Gasteiger partial charge in [0.25, 0.3) is 0 Å². The molecule has 0 bridgehead atoms. The van der Waals surface area contributed by atoms with Crippen LogP contribution in [-0.2, 0) is 25.6 Å². The number of nitrogens with zero attached hydrogens (tertiary/aromatic N) is 1. The van der Waals surface area contributed by atoms with Crippen molar-refractivity contribution < 1.29 is 23.6 Å². The van der Waals surface area contributed by atoms with Gasteiger partial charge in [0.15, 0.2) is 24.5 Å². The number of rotatable bonds is 5. The van der Waals surface area contributed by atoms with Crippen molar-refractivity contribution in [2.24, 2.45) is 5.92 Å². The van der Waals surface area contributed by atoms with Crippen molar-refractivity contribution in [1.82, 2.24) is 0 Å². The van der Waals surface area contributed by atoms with Gasteiger partial charge in [-0.3, -0.25) is 0 Å². The van der Waals surface area contributed by atoms with Crippen LogP contribution < -0.4 is 4.57 Å². The van der Waals surface area contributed by atoms with Crippen LogP contribution in [0.3, 0.4) is 0 Å². The molecule has 20 heavy (non-hydrogen) atoms. The van der Waals surface area contributed by atoms with Gasteiger partial charge in [-0.1, -0.05) is 19.9 Å². The molecular formula is C15H20NO4+. The highest BCUT2D eigenvalue weighted by atomic mass is 16.5. The van der Waals surface area contributed by atoms with Crippen molar-refractivity contribution in [3.05, 3.63) is 41.7 Å². The van der Waals surface area contributed by atoms with E-state index < -0.39 is 11.9 Å². The van der Waals surface area contributed by atoms with Crippen LogP contribution in [0.2, 0.25) is 0 Å². The minimum Gasteiger partial charge on any atom is -0.465 e. The van der Waals surface area contributed by atoms with Crippen molar-refractivity contribution in [3.8, 4) is 0 Å². The first kappa shape index (κ1) is 15.9. The second-order valence-corrected chi connectivity index (χ2v) is 4.59. The van der Waals surface area contributed by atoms with E-state index in [1.54, 1.807) is 0 Å². The summed E-state index contributed by atoms with van der Waals surface area (Å²) in [7, 11) is 2.50.